The molecule has 1 aromatic carbocycles. The van der Waals surface area contributed by atoms with Gasteiger partial charge >= 0.3 is 0 Å². The molecule has 2 heterocycles. The molecular weight excluding hydrogens is 306 g/mol. The van der Waals surface area contributed by atoms with Gasteiger partial charge in [0.1, 0.15) is 0 Å². The Hall–Kier alpha value is -1.94. The van der Waals surface area contributed by atoms with Crippen LogP contribution in [0.15, 0.2) is 41.8 Å². The summed E-state index contributed by atoms with van der Waals surface area (Å²) < 4.78 is 0. The van der Waals surface area contributed by atoms with E-state index in [1.54, 1.807) is 11.3 Å². The summed E-state index contributed by atoms with van der Waals surface area (Å²) in [5.41, 5.74) is 0.798. The van der Waals surface area contributed by atoms with Crippen molar-refractivity contribution >= 4 is 23.2 Å². The van der Waals surface area contributed by atoms with Gasteiger partial charge in [-0.15, -0.1) is 11.3 Å². The first-order chi connectivity index (χ1) is 10.8. The van der Waals surface area contributed by atoms with E-state index in [4.69, 9.17) is 0 Å². The summed E-state index contributed by atoms with van der Waals surface area (Å²) in [7, 11) is 0. The molecule has 23 heavy (non-hydrogen) atoms. The second-order valence-electron chi connectivity index (χ2n) is 7.09. The minimum atomic E-state index is -0.674. The number of benzene rings is 1. The normalized spacial score (nSPS) is 19.4. The lowest BCUT2D eigenvalue weighted by molar-refractivity contribution is -0.142. The van der Waals surface area contributed by atoms with E-state index in [0.29, 0.717) is 6.54 Å². The van der Waals surface area contributed by atoms with E-state index >= 15 is 0 Å². The number of carbonyl (C=O) groups excluding carboxylic acids is 2. The molecule has 0 unspecified atom stereocenters. The zero-order valence-electron chi connectivity index (χ0n) is 13.9. The van der Waals surface area contributed by atoms with E-state index in [9.17, 15) is 9.59 Å². The highest BCUT2D eigenvalue weighted by atomic mass is 32.1. The maximum atomic E-state index is 12.7. The lowest BCUT2D eigenvalue weighted by Gasteiger charge is -2.28. The van der Waals surface area contributed by atoms with Crippen LogP contribution in [0.5, 0.6) is 0 Å². The lowest BCUT2D eigenvalue weighted by atomic mass is 9.70. The topological polar surface area (TPSA) is 37.4 Å². The molecule has 0 radical (unpaired) electrons. The molecule has 0 bridgehead atoms. The van der Waals surface area contributed by atoms with Crippen molar-refractivity contribution in [3.63, 3.8) is 0 Å². The van der Waals surface area contributed by atoms with Crippen molar-refractivity contribution in [2.45, 2.75) is 34.2 Å². The van der Waals surface area contributed by atoms with Gasteiger partial charge in [0, 0.05) is 4.88 Å². The molecule has 1 aliphatic rings. The Morgan fingerprint density at radius 3 is 2.04 bits per heavy atom. The highest BCUT2D eigenvalue weighted by Crippen LogP contribution is 2.48. The minimum absolute atomic E-state index is 0.0855. The number of rotatable bonds is 3. The Kier molecular flexibility index (Phi) is 3.68. The van der Waals surface area contributed by atoms with Crippen molar-refractivity contribution in [1.82, 2.24) is 4.90 Å². The van der Waals surface area contributed by atoms with Crippen LogP contribution in [0.25, 0.3) is 10.4 Å². The smallest absolute Gasteiger partial charge is 0.236 e. The quantitative estimate of drug-likeness (QED) is 0.787. The van der Waals surface area contributed by atoms with E-state index in [-0.39, 0.29) is 11.8 Å². The van der Waals surface area contributed by atoms with Crippen molar-refractivity contribution in [2.75, 3.05) is 0 Å². The van der Waals surface area contributed by atoms with Crippen molar-refractivity contribution in [1.29, 1.82) is 0 Å². The fourth-order valence-electron chi connectivity index (χ4n) is 2.92. The third-order valence-electron chi connectivity index (χ3n) is 5.23. The molecule has 0 atom stereocenters. The Labute approximate surface area is 140 Å². The number of nitrogens with zero attached hydrogens (tertiary/aromatic N) is 1. The summed E-state index contributed by atoms with van der Waals surface area (Å²) in [5, 5.41) is 2.01. The Morgan fingerprint density at radius 1 is 0.913 bits per heavy atom. The van der Waals surface area contributed by atoms with Gasteiger partial charge in [0.25, 0.3) is 0 Å². The first-order valence-corrected chi connectivity index (χ1v) is 8.63. The average molecular weight is 327 g/mol. The van der Waals surface area contributed by atoms with Gasteiger partial charge in [-0.05, 0) is 50.3 Å². The molecule has 1 aromatic heterocycles. The molecule has 0 aliphatic carbocycles. The number of hydrogen-bond acceptors (Lipinski definition) is 3. The van der Waals surface area contributed by atoms with Gasteiger partial charge in [0.15, 0.2) is 0 Å². The summed E-state index contributed by atoms with van der Waals surface area (Å²) in [5.74, 6) is -0.171. The monoisotopic (exact) mass is 327 g/mol. The molecule has 2 aromatic rings. The average Bonchev–Trinajstić information content (AvgIpc) is 3.03. The molecule has 0 N–H and O–H groups in total. The molecule has 1 aliphatic heterocycles. The van der Waals surface area contributed by atoms with E-state index in [0.717, 1.165) is 16.0 Å². The van der Waals surface area contributed by atoms with Gasteiger partial charge < -0.3 is 0 Å². The van der Waals surface area contributed by atoms with Crippen LogP contribution in [0, 0.1) is 10.8 Å². The second-order valence-corrected chi connectivity index (χ2v) is 8.00. The van der Waals surface area contributed by atoms with Crippen LogP contribution < -0.4 is 0 Å². The zero-order chi connectivity index (χ0) is 16.8. The van der Waals surface area contributed by atoms with Gasteiger partial charge in [-0.3, -0.25) is 14.5 Å². The number of imide groups is 1. The van der Waals surface area contributed by atoms with Gasteiger partial charge in [-0.2, -0.15) is 0 Å². The molecule has 1 saturated heterocycles. The molecule has 2 amide bonds. The maximum absolute atomic E-state index is 12.7. The van der Waals surface area contributed by atoms with Crippen LogP contribution in [0.1, 0.15) is 33.3 Å². The van der Waals surface area contributed by atoms with Crippen LogP contribution >= 0.6 is 11.3 Å². The van der Waals surface area contributed by atoms with Gasteiger partial charge in [-0.25, -0.2) is 0 Å². The van der Waals surface area contributed by atoms with Gasteiger partial charge in [0.05, 0.1) is 17.4 Å². The number of thiophene rings is 1. The number of carbonyl (C=O) groups is 2. The van der Waals surface area contributed by atoms with E-state index < -0.39 is 10.8 Å². The second kappa shape index (κ2) is 5.31. The highest BCUT2D eigenvalue weighted by molar-refractivity contribution is 7.13. The molecule has 3 nitrogen and oxygen atoms in total. The molecule has 0 spiro atoms. The van der Waals surface area contributed by atoms with E-state index in [1.807, 2.05) is 57.3 Å². The summed E-state index contributed by atoms with van der Waals surface area (Å²) in [6, 6.07) is 12.1. The zero-order valence-corrected chi connectivity index (χ0v) is 14.7. The fraction of sp³-hybridized carbons (Fsp3) is 0.368. The standard InChI is InChI=1S/C19H21NO2S/c1-18(2)16(21)20(17(22)19(18,3)4)12-14-10-11-23-15(14)13-8-6-5-7-9-13/h5-11H,12H2,1-4H3. The van der Waals surface area contributed by atoms with Gasteiger partial charge in [0.2, 0.25) is 11.8 Å². The summed E-state index contributed by atoms with van der Waals surface area (Å²) in [6.07, 6.45) is 0. The van der Waals surface area contributed by atoms with Crippen molar-refractivity contribution in [3.05, 3.63) is 47.3 Å². The van der Waals surface area contributed by atoms with Crippen molar-refractivity contribution in [2.24, 2.45) is 10.8 Å². The summed E-state index contributed by atoms with van der Waals surface area (Å²) >= 11 is 1.64. The maximum Gasteiger partial charge on any atom is 0.236 e. The number of amides is 2. The lowest BCUT2D eigenvalue weighted by Crippen LogP contribution is -2.35. The minimum Gasteiger partial charge on any atom is -0.277 e. The predicted octanol–water partition coefficient (Wildman–Crippen LogP) is 4.34. The highest BCUT2D eigenvalue weighted by Gasteiger charge is 2.59. The third kappa shape index (κ3) is 2.32. The molecule has 120 valence electrons. The number of hydrogen-bond donors (Lipinski definition) is 0. The van der Waals surface area contributed by atoms with Gasteiger partial charge in [-0.1, -0.05) is 30.3 Å². The SMILES string of the molecule is CC1(C)C(=O)N(Cc2ccsc2-c2ccccc2)C(=O)C1(C)C. The van der Waals surface area contributed by atoms with Crippen LogP contribution in [-0.4, -0.2) is 16.7 Å². The molecule has 1 fully saturated rings. The summed E-state index contributed by atoms with van der Waals surface area (Å²) in [4.78, 5) is 28.0. The van der Waals surface area contributed by atoms with Crippen LogP contribution in [-0.2, 0) is 16.1 Å². The van der Waals surface area contributed by atoms with E-state index in [1.165, 1.54) is 4.90 Å². The Morgan fingerprint density at radius 2 is 1.48 bits per heavy atom. The fourth-order valence-corrected chi connectivity index (χ4v) is 3.84. The van der Waals surface area contributed by atoms with Crippen LogP contribution in [0.2, 0.25) is 0 Å². The summed E-state index contributed by atoms with van der Waals surface area (Å²) in [6.45, 7) is 7.79. The van der Waals surface area contributed by atoms with Crippen molar-refractivity contribution in [3.8, 4) is 10.4 Å². The first-order valence-electron chi connectivity index (χ1n) is 7.75. The molecule has 0 saturated carbocycles. The Bertz CT molecular complexity index is 733. The molecular formula is C19H21NO2S. The molecule has 3 rings (SSSR count). The third-order valence-corrected chi connectivity index (χ3v) is 6.24. The Balaban J connectivity index is 1.94. The van der Waals surface area contributed by atoms with E-state index in [2.05, 4.69) is 12.1 Å². The van der Waals surface area contributed by atoms with Crippen LogP contribution in [0.4, 0.5) is 0 Å². The van der Waals surface area contributed by atoms with Crippen LogP contribution in [0.3, 0.4) is 0 Å². The van der Waals surface area contributed by atoms with Crippen molar-refractivity contribution < 1.29 is 9.59 Å². The molecule has 4 heteroatoms. The predicted molar refractivity (Wildman–Crippen MR) is 92.9 cm³/mol. The largest absolute Gasteiger partial charge is 0.277 e. The number of likely N-dealkylation sites (tertiary alicyclic amines) is 1. The first kappa shape index (κ1) is 15.9.